The van der Waals surface area contributed by atoms with E-state index in [0.717, 1.165) is 27.8 Å². The number of hydrogen-bond acceptors (Lipinski definition) is 11. The van der Waals surface area contributed by atoms with Crippen molar-refractivity contribution in [3.8, 4) is 0 Å². The summed E-state index contributed by atoms with van der Waals surface area (Å²) in [7, 11) is 1.58. The second-order valence-corrected chi connectivity index (χ2v) is 15.5. The second kappa shape index (κ2) is 22.7. The molecule has 0 saturated carbocycles. The van der Waals surface area contributed by atoms with Gasteiger partial charge in [0.1, 0.15) is 48.8 Å². The molecule has 3 aliphatic rings. The van der Waals surface area contributed by atoms with E-state index < -0.39 is 67.7 Å². The highest BCUT2D eigenvalue weighted by atomic mass is 16.8. The van der Waals surface area contributed by atoms with Crippen LogP contribution in [-0.2, 0) is 78.5 Å². The number of hydrogen-bond donors (Lipinski definition) is 0. The van der Waals surface area contributed by atoms with Crippen molar-refractivity contribution in [2.75, 3.05) is 26.9 Å². The van der Waals surface area contributed by atoms with Crippen LogP contribution >= 0.6 is 0 Å². The van der Waals surface area contributed by atoms with Crippen LogP contribution < -0.4 is 0 Å². The van der Waals surface area contributed by atoms with Crippen molar-refractivity contribution < 1.29 is 52.1 Å². The van der Waals surface area contributed by atoms with Gasteiger partial charge in [-0.15, -0.1) is 6.58 Å². The Labute approximate surface area is 364 Å². The van der Waals surface area contributed by atoms with Crippen LogP contribution in [0.25, 0.3) is 0 Å². The van der Waals surface area contributed by atoms with E-state index in [-0.39, 0.29) is 33.0 Å². The molecular formula is C51H56O11. The predicted octanol–water partition coefficient (Wildman–Crippen LogP) is 8.13. The van der Waals surface area contributed by atoms with E-state index >= 15 is 0 Å². The molecule has 3 aliphatic heterocycles. The zero-order valence-electron chi connectivity index (χ0n) is 35.0. The highest BCUT2D eigenvalue weighted by Gasteiger charge is 2.55. The molecular weight excluding hydrogens is 789 g/mol. The summed E-state index contributed by atoms with van der Waals surface area (Å²) < 4.78 is 73.3. The van der Waals surface area contributed by atoms with Gasteiger partial charge >= 0.3 is 0 Å². The fraction of sp³-hybridized carbons (Fsp3) is 0.373. The molecule has 11 nitrogen and oxygen atoms in total. The molecule has 1 unspecified atom stereocenters. The Balaban J connectivity index is 1.13. The Hall–Kier alpha value is -4.60. The first-order chi connectivity index (χ1) is 30.7. The van der Waals surface area contributed by atoms with Gasteiger partial charge in [-0.2, -0.15) is 0 Å². The number of fused-ring (bicyclic) bond motifs is 1. The third kappa shape index (κ3) is 11.5. The average Bonchev–Trinajstić information content (AvgIpc) is 3.33. The average molecular weight is 845 g/mol. The van der Waals surface area contributed by atoms with E-state index in [1.54, 1.807) is 13.2 Å². The molecule has 8 rings (SSSR count). The van der Waals surface area contributed by atoms with Crippen LogP contribution in [0, 0.1) is 0 Å². The van der Waals surface area contributed by atoms with Gasteiger partial charge in [0.05, 0.1) is 46.2 Å². The van der Waals surface area contributed by atoms with Crippen LogP contribution in [0.4, 0.5) is 0 Å². The van der Waals surface area contributed by atoms with Gasteiger partial charge in [-0.1, -0.05) is 158 Å². The summed E-state index contributed by atoms with van der Waals surface area (Å²) in [6, 6.07) is 49.8. The van der Waals surface area contributed by atoms with Crippen molar-refractivity contribution >= 4 is 0 Å². The predicted molar refractivity (Wildman–Crippen MR) is 230 cm³/mol. The molecule has 0 bridgehead atoms. The van der Waals surface area contributed by atoms with Crippen molar-refractivity contribution in [2.45, 2.75) is 94.1 Å². The Bertz CT molecular complexity index is 2030. The second-order valence-electron chi connectivity index (χ2n) is 15.5. The van der Waals surface area contributed by atoms with Gasteiger partial charge in [-0.3, -0.25) is 0 Å². The van der Waals surface area contributed by atoms with E-state index in [1.165, 1.54) is 0 Å². The first-order valence-electron chi connectivity index (χ1n) is 21.3. The molecule has 3 saturated heterocycles. The molecule has 0 N–H and O–H groups in total. The lowest BCUT2D eigenvalue weighted by Crippen LogP contribution is -2.67. The maximum atomic E-state index is 7.16. The lowest BCUT2D eigenvalue weighted by atomic mass is 9.95. The summed E-state index contributed by atoms with van der Waals surface area (Å²) in [6.45, 7) is 5.80. The Morgan fingerprint density at radius 1 is 0.532 bits per heavy atom. The molecule has 3 fully saturated rings. The van der Waals surface area contributed by atoms with E-state index in [9.17, 15) is 0 Å². The van der Waals surface area contributed by atoms with Gasteiger partial charge in [0, 0.05) is 12.7 Å². The highest BCUT2D eigenvalue weighted by Crippen LogP contribution is 2.39. The summed E-state index contributed by atoms with van der Waals surface area (Å²) >= 11 is 0. The zero-order chi connectivity index (χ0) is 42.4. The molecule has 326 valence electrons. The van der Waals surface area contributed by atoms with E-state index in [0.29, 0.717) is 13.2 Å². The molecule has 11 atom stereocenters. The van der Waals surface area contributed by atoms with Crippen LogP contribution in [0.1, 0.15) is 34.1 Å². The first kappa shape index (κ1) is 44.0. The molecule has 0 radical (unpaired) electrons. The van der Waals surface area contributed by atoms with Crippen LogP contribution in [-0.4, -0.2) is 88.3 Å². The van der Waals surface area contributed by atoms with E-state index in [4.69, 9.17) is 52.1 Å². The molecule has 5 aromatic rings. The van der Waals surface area contributed by atoms with E-state index in [1.807, 2.05) is 152 Å². The van der Waals surface area contributed by atoms with E-state index in [2.05, 4.69) is 6.58 Å². The summed E-state index contributed by atoms with van der Waals surface area (Å²) in [5.74, 6) is 0. The lowest BCUT2D eigenvalue weighted by molar-refractivity contribution is -0.399. The smallest absolute Gasteiger partial charge is 0.187 e. The summed E-state index contributed by atoms with van der Waals surface area (Å²) in [5, 5.41) is 0. The van der Waals surface area contributed by atoms with Gasteiger partial charge < -0.3 is 52.1 Å². The minimum atomic E-state index is -1.05. The minimum Gasteiger partial charge on any atom is -0.374 e. The highest BCUT2D eigenvalue weighted by molar-refractivity contribution is 5.18. The molecule has 3 heterocycles. The molecule has 5 aromatic carbocycles. The number of ether oxygens (including phenoxy) is 11. The lowest BCUT2D eigenvalue weighted by Gasteiger charge is -2.51. The maximum absolute atomic E-state index is 7.16. The Morgan fingerprint density at radius 2 is 1.05 bits per heavy atom. The monoisotopic (exact) mass is 844 g/mol. The molecule has 62 heavy (non-hydrogen) atoms. The number of methoxy groups -OCH3 is 1. The zero-order valence-corrected chi connectivity index (χ0v) is 35.0. The molecule has 0 aromatic heterocycles. The van der Waals surface area contributed by atoms with Gasteiger partial charge in [0.25, 0.3) is 0 Å². The topological polar surface area (TPSA) is 102 Å². The normalized spacial score (nSPS) is 28.5. The quantitative estimate of drug-likeness (QED) is 0.0711. The largest absolute Gasteiger partial charge is 0.374 e. The fourth-order valence-electron chi connectivity index (χ4n) is 8.04. The Kier molecular flexibility index (Phi) is 16.1. The summed E-state index contributed by atoms with van der Waals surface area (Å²) in [4.78, 5) is 0. The van der Waals surface area contributed by atoms with Crippen molar-refractivity contribution in [1.82, 2.24) is 0 Å². The van der Waals surface area contributed by atoms with Gasteiger partial charge in [0.15, 0.2) is 18.9 Å². The van der Waals surface area contributed by atoms with Crippen molar-refractivity contribution in [3.63, 3.8) is 0 Å². The first-order valence-corrected chi connectivity index (χ1v) is 21.3. The number of benzene rings is 5. The van der Waals surface area contributed by atoms with Crippen molar-refractivity contribution in [2.24, 2.45) is 0 Å². The maximum Gasteiger partial charge on any atom is 0.187 e. The van der Waals surface area contributed by atoms with Crippen molar-refractivity contribution in [3.05, 3.63) is 192 Å². The van der Waals surface area contributed by atoms with Crippen LogP contribution in [0.5, 0.6) is 0 Å². The fourth-order valence-corrected chi connectivity index (χ4v) is 8.04. The molecule has 0 amide bonds. The van der Waals surface area contributed by atoms with Gasteiger partial charge in [0.2, 0.25) is 0 Å². The number of rotatable bonds is 20. The van der Waals surface area contributed by atoms with Crippen LogP contribution in [0.2, 0.25) is 0 Å². The van der Waals surface area contributed by atoms with Gasteiger partial charge in [-0.05, 0) is 22.3 Å². The third-order valence-corrected chi connectivity index (χ3v) is 11.1. The van der Waals surface area contributed by atoms with Crippen molar-refractivity contribution in [1.29, 1.82) is 0 Å². The minimum absolute atomic E-state index is 0.167. The van der Waals surface area contributed by atoms with Crippen LogP contribution in [0.15, 0.2) is 164 Å². The van der Waals surface area contributed by atoms with Gasteiger partial charge in [-0.25, -0.2) is 0 Å². The summed E-state index contributed by atoms with van der Waals surface area (Å²) in [5.41, 5.74) is 4.89. The SMILES string of the molecule is C=CCO[C@H]1[C@H](O[C@@H]2[C@@H](OC)O[C@@H]3COC(c4ccccc4)O[C@H]3[C@@H]2OCc2ccccc2)O[C@H](COCc2ccccc2)[C@@H](OCc2ccccc2)[C@@H]1OCc1ccccc1. The summed E-state index contributed by atoms with van der Waals surface area (Å²) in [6.07, 6.45) is -6.45. The molecule has 11 heteroatoms. The Morgan fingerprint density at radius 3 is 1.60 bits per heavy atom. The third-order valence-electron chi connectivity index (χ3n) is 11.1. The van der Waals surface area contributed by atoms with Crippen LogP contribution in [0.3, 0.4) is 0 Å². The molecule has 0 aliphatic carbocycles. The molecule has 0 spiro atoms. The standard InChI is InChI=1S/C51H56O11/c1-3-29-54-47-45(56-32-38-23-13-6-14-24-38)43(55-31-37-21-11-5-12-22-37)41(34-53-30-36-19-9-4-10-20-36)60-51(47)62-48-46(57-33-39-25-15-7-16-26-39)44-42(59-50(48)52-2)35-58-49(61-44)40-27-17-8-18-28-40/h3-28,41-51H,1,29-35H2,2H3/t41-,42-,43-,44-,45+,46+,47-,48+,49?,50+,51+/m1/s1.